The van der Waals surface area contributed by atoms with Crippen LogP contribution in [0.5, 0.6) is 40.2 Å². The Kier molecular flexibility index (Phi) is 7.06. The van der Waals surface area contributed by atoms with Crippen molar-refractivity contribution in [1.82, 2.24) is 9.80 Å². The number of benzene rings is 4. The van der Waals surface area contributed by atoms with E-state index >= 15 is 0 Å². The lowest BCUT2D eigenvalue weighted by Crippen LogP contribution is -2.35. The van der Waals surface area contributed by atoms with E-state index in [2.05, 4.69) is 23.9 Å². The topological polar surface area (TPSA) is 94.9 Å². The first-order valence-corrected chi connectivity index (χ1v) is 15.1. The summed E-state index contributed by atoms with van der Waals surface area (Å²) in [6.07, 6.45) is 2.82. The van der Waals surface area contributed by atoms with Crippen LogP contribution in [0.15, 0.2) is 54.6 Å². The van der Waals surface area contributed by atoms with Gasteiger partial charge in [-0.2, -0.15) is 0 Å². The third-order valence-corrected chi connectivity index (χ3v) is 9.70. The Balaban J connectivity index is 1.58. The van der Waals surface area contributed by atoms with Gasteiger partial charge in [0.1, 0.15) is 5.75 Å². The van der Waals surface area contributed by atoms with Crippen molar-refractivity contribution in [3.8, 4) is 51.4 Å². The Labute approximate surface area is 257 Å². The van der Waals surface area contributed by atoms with Gasteiger partial charge in [-0.15, -0.1) is 0 Å². The van der Waals surface area contributed by atoms with Crippen molar-refractivity contribution >= 4 is 0 Å². The molecule has 228 valence electrons. The smallest absolute Gasteiger partial charge is 0.169 e. The van der Waals surface area contributed by atoms with E-state index in [1.807, 2.05) is 48.5 Å². The average molecular weight is 595 g/mol. The van der Waals surface area contributed by atoms with Gasteiger partial charge in [0.15, 0.2) is 34.5 Å². The minimum Gasteiger partial charge on any atom is -0.504 e. The van der Waals surface area contributed by atoms with Crippen LogP contribution >= 0.6 is 0 Å². The summed E-state index contributed by atoms with van der Waals surface area (Å²) in [5.74, 6) is 1.89. The second-order valence-electron chi connectivity index (χ2n) is 12.2. The third kappa shape index (κ3) is 4.60. The quantitative estimate of drug-likeness (QED) is 0.255. The number of rotatable bonds is 2. The fourth-order valence-electron chi connectivity index (χ4n) is 7.32. The molecular formula is C36H38N2O6. The van der Waals surface area contributed by atoms with Crippen LogP contribution in [0.4, 0.5) is 0 Å². The van der Waals surface area contributed by atoms with E-state index in [1.54, 1.807) is 20.3 Å². The van der Waals surface area contributed by atoms with E-state index in [0.29, 0.717) is 47.0 Å². The zero-order valence-corrected chi connectivity index (χ0v) is 25.6. The minimum absolute atomic E-state index is 0.00415. The Bertz CT molecular complexity index is 1750. The zero-order chi connectivity index (χ0) is 30.7. The van der Waals surface area contributed by atoms with Crippen LogP contribution in [0, 0.1) is 0 Å². The fraction of sp³-hybridized carbons (Fsp3) is 0.333. The molecule has 8 rings (SSSR count). The summed E-state index contributed by atoms with van der Waals surface area (Å²) in [5, 5.41) is 34.7. The van der Waals surface area contributed by atoms with Crippen molar-refractivity contribution in [2.75, 3.05) is 41.4 Å². The van der Waals surface area contributed by atoms with Gasteiger partial charge in [-0.25, -0.2) is 0 Å². The number of methoxy groups -OCH3 is 2. The SMILES string of the molecule is COc1cc2c3c(c1O)-c1c(O)c(OC)cc4c1C(Cc1ccc(O)c(c1)Oc1ccc(cc1)CC3N(C)CC2)N(C)CC4. The predicted octanol–water partition coefficient (Wildman–Crippen LogP) is 6.14. The van der Waals surface area contributed by atoms with E-state index in [4.69, 9.17) is 14.2 Å². The summed E-state index contributed by atoms with van der Waals surface area (Å²) in [6, 6.07) is 17.1. The largest absolute Gasteiger partial charge is 0.504 e. The lowest BCUT2D eigenvalue weighted by Gasteiger charge is -2.40. The van der Waals surface area contributed by atoms with Crippen LogP contribution in [-0.2, 0) is 25.7 Å². The first-order chi connectivity index (χ1) is 21.3. The molecule has 0 saturated heterocycles. The summed E-state index contributed by atoms with van der Waals surface area (Å²) in [4.78, 5) is 4.61. The molecule has 4 aliphatic rings. The fourth-order valence-corrected chi connectivity index (χ4v) is 7.32. The van der Waals surface area contributed by atoms with Crippen LogP contribution < -0.4 is 14.2 Å². The number of phenols is 3. The molecule has 0 aromatic heterocycles. The van der Waals surface area contributed by atoms with Gasteiger partial charge in [-0.3, -0.25) is 9.80 Å². The van der Waals surface area contributed by atoms with E-state index in [0.717, 1.165) is 59.3 Å². The molecule has 8 heteroatoms. The van der Waals surface area contributed by atoms with Crippen molar-refractivity contribution < 1.29 is 29.5 Å². The van der Waals surface area contributed by atoms with Gasteiger partial charge < -0.3 is 29.5 Å². The molecule has 4 heterocycles. The Morgan fingerprint density at radius 3 is 1.70 bits per heavy atom. The van der Waals surface area contributed by atoms with E-state index in [9.17, 15) is 15.3 Å². The number of aromatic hydroxyl groups is 3. The van der Waals surface area contributed by atoms with Crippen LogP contribution in [0.1, 0.15) is 45.5 Å². The Hall–Kier alpha value is -4.40. The van der Waals surface area contributed by atoms with Gasteiger partial charge in [-0.05, 0) is 110 Å². The minimum atomic E-state index is -0.143. The summed E-state index contributed by atoms with van der Waals surface area (Å²) in [6.45, 7) is 1.65. The highest BCUT2D eigenvalue weighted by Gasteiger charge is 2.38. The number of nitrogens with zero attached hydrogens (tertiary/aromatic N) is 2. The number of ether oxygens (including phenoxy) is 3. The summed E-state index contributed by atoms with van der Waals surface area (Å²) < 4.78 is 17.7. The van der Waals surface area contributed by atoms with Crippen molar-refractivity contribution in [1.29, 1.82) is 0 Å². The summed E-state index contributed by atoms with van der Waals surface area (Å²) in [7, 11) is 7.34. The lowest BCUT2D eigenvalue weighted by molar-refractivity contribution is 0.226. The predicted molar refractivity (Wildman–Crippen MR) is 168 cm³/mol. The van der Waals surface area contributed by atoms with E-state index in [-0.39, 0.29) is 29.3 Å². The molecule has 8 nitrogen and oxygen atoms in total. The lowest BCUT2D eigenvalue weighted by atomic mass is 9.77. The molecule has 4 aliphatic heterocycles. The molecule has 44 heavy (non-hydrogen) atoms. The molecule has 0 spiro atoms. The third-order valence-electron chi connectivity index (χ3n) is 9.70. The number of fused-ring (bicyclic) bond motifs is 2. The Morgan fingerprint density at radius 1 is 0.682 bits per heavy atom. The molecular weight excluding hydrogens is 556 g/mol. The molecule has 4 aromatic carbocycles. The zero-order valence-electron chi connectivity index (χ0n) is 25.6. The Morgan fingerprint density at radius 2 is 1.18 bits per heavy atom. The van der Waals surface area contributed by atoms with Crippen LogP contribution in [-0.4, -0.2) is 66.5 Å². The van der Waals surface area contributed by atoms with Gasteiger partial charge in [0.2, 0.25) is 0 Å². The summed E-state index contributed by atoms with van der Waals surface area (Å²) in [5.41, 5.74) is 7.38. The number of likely N-dealkylation sites (N-methyl/N-ethyl adjacent to an activating group) is 2. The van der Waals surface area contributed by atoms with Crippen molar-refractivity contribution in [2.45, 2.75) is 37.8 Å². The van der Waals surface area contributed by atoms with Crippen LogP contribution in [0.3, 0.4) is 0 Å². The second kappa shape index (κ2) is 10.9. The monoisotopic (exact) mass is 594 g/mol. The van der Waals surface area contributed by atoms with Crippen LogP contribution in [0.25, 0.3) is 11.1 Å². The van der Waals surface area contributed by atoms with E-state index < -0.39 is 0 Å². The van der Waals surface area contributed by atoms with Gasteiger partial charge in [0.05, 0.1) is 14.2 Å². The van der Waals surface area contributed by atoms with Crippen molar-refractivity contribution in [3.05, 3.63) is 88.0 Å². The van der Waals surface area contributed by atoms with Gasteiger partial charge in [0, 0.05) is 36.3 Å². The van der Waals surface area contributed by atoms with E-state index in [1.165, 1.54) is 0 Å². The maximum absolute atomic E-state index is 12.0. The molecule has 0 fully saturated rings. The number of phenolic OH excluding ortho intramolecular Hbond substituents is 3. The highest BCUT2D eigenvalue weighted by atomic mass is 16.5. The molecule has 4 bridgehead atoms. The van der Waals surface area contributed by atoms with Crippen molar-refractivity contribution in [2.24, 2.45) is 0 Å². The van der Waals surface area contributed by atoms with Gasteiger partial charge in [-0.1, -0.05) is 18.2 Å². The standard InChI is InChI=1S/C36H38N2O6/c1-37-13-11-22-18-29(42-3)35(40)33-31(22)25(37)15-20-5-8-24(9-6-20)44-28-17-21(7-10-27(28)39)16-26-32-23(12-14-38(26)2)19-30(43-4)36(41)34(32)33/h5-10,17-19,25-26,39-41H,11-16H2,1-4H3. The summed E-state index contributed by atoms with van der Waals surface area (Å²) >= 11 is 0. The maximum Gasteiger partial charge on any atom is 0.169 e. The first-order valence-electron chi connectivity index (χ1n) is 15.1. The highest BCUT2D eigenvalue weighted by molar-refractivity contribution is 5.88. The molecule has 0 aliphatic carbocycles. The molecule has 2 atom stereocenters. The molecule has 4 aromatic rings. The van der Waals surface area contributed by atoms with Gasteiger partial charge in [0.25, 0.3) is 0 Å². The molecule has 2 unspecified atom stereocenters. The van der Waals surface area contributed by atoms with Gasteiger partial charge >= 0.3 is 0 Å². The molecule has 3 N–H and O–H groups in total. The first kappa shape index (κ1) is 28.4. The molecule has 0 radical (unpaired) electrons. The molecule has 0 saturated carbocycles. The average Bonchev–Trinajstić information content (AvgIpc) is 3.02. The van der Waals surface area contributed by atoms with Crippen LogP contribution in [0.2, 0.25) is 0 Å². The van der Waals surface area contributed by atoms with Crippen molar-refractivity contribution in [3.63, 3.8) is 0 Å². The normalized spacial score (nSPS) is 19.5. The number of hydrogen-bond donors (Lipinski definition) is 3. The maximum atomic E-state index is 12.0. The molecule has 0 amide bonds. The highest BCUT2D eigenvalue weighted by Crippen LogP contribution is 2.55. The second-order valence-corrected chi connectivity index (χ2v) is 12.2. The number of hydrogen-bond acceptors (Lipinski definition) is 8.